The molecule has 2 rings (SSSR count). The van der Waals surface area contributed by atoms with Crippen molar-refractivity contribution in [2.75, 3.05) is 32.6 Å². The zero-order valence-electron chi connectivity index (χ0n) is 11.6. The Morgan fingerprint density at radius 1 is 1.42 bits per heavy atom. The molecule has 0 bridgehead atoms. The Labute approximate surface area is 119 Å². The van der Waals surface area contributed by atoms with Gasteiger partial charge in [0.2, 0.25) is 0 Å². The summed E-state index contributed by atoms with van der Waals surface area (Å²) in [5.41, 5.74) is 8.54. The van der Waals surface area contributed by atoms with Crippen molar-refractivity contribution in [2.45, 2.75) is 18.4 Å². The van der Waals surface area contributed by atoms with Gasteiger partial charge in [0.25, 0.3) is 0 Å². The number of guanidine groups is 1. The Hall–Kier alpha value is -1.20. The fourth-order valence-electron chi connectivity index (χ4n) is 2.04. The molecule has 1 fully saturated rings. The first-order valence-electron chi connectivity index (χ1n) is 6.47. The van der Waals surface area contributed by atoms with Gasteiger partial charge in [0, 0.05) is 18.0 Å². The van der Waals surface area contributed by atoms with Crippen molar-refractivity contribution in [1.82, 2.24) is 4.90 Å². The number of nitrogens with two attached hydrogens (primary N) is 1. The van der Waals surface area contributed by atoms with Gasteiger partial charge in [-0.25, -0.2) is 4.99 Å². The molecule has 0 aliphatic carbocycles. The predicted molar refractivity (Wildman–Crippen MR) is 80.7 cm³/mol. The van der Waals surface area contributed by atoms with E-state index in [4.69, 9.17) is 10.5 Å². The predicted octanol–water partition coefficient (Wildman–Crippen LogP) is 1.86. The number of aliphatic imine (C=N–C) groups is 1. The van der Waals surface area contributed by atoms with Crippen LogP contribution >= 0.6 is 11.8 Å². The standard InChI is InChI=1S/C14H21N3OS/c1-11-3-4-12(13(9-11)19-2)10-16-14(15)17-5-7-18-8-6-17/h3-4,9H,5-8,10H2,1-2H3,(H2,15,16). The zero-order valence-corrected chi connectivity index (χ0v) is 12.4. The lowest BCUT2D eigenvalue weighted by Crippen LogP contribution is -2.44. The van der Waals surface area contributed by atoms with Crippen LogP contribution in [0.3, 0.4) is 0 Å². The van der Waals surface area contributed by atoms with E-state index < -0.39 is 0 Å². The van der Waals surface area contributed by atoms with Crippen molar-refractivity contribution < 1.29 is 4.74 Å². The Morgan fingerprint density at radius 2 is 2.16 bits per heavy atom. The lowest BCUT2D eigenvalue weighted by Gasteiger charge is -2.27. The van der Waals surface area contributed by atoms with E-state index >= 15 is 0 Å². The van der Waals surface area contributed by atoms with Crippen molar-refractivity contribution in [3.8, 4) is 0 Å². The lowest BCUT2D eigenvalue weighted by molar-refractivity contribution is 0.0674. The molecule has 0 saturated carbocycles. The van der Waals surface area contributed by atoms with E-state index in [0.29, 0.717) is 12.5 Å². The average molecular weight is 279 g/mol. The molecule has 0 spiro atoms. The summed E-state index contributed by atoms with van der Waals surface area (Å²) in [6.45, 7) is 5.87. The molecule has 0 aromatic heterocycles. The van der Waals surface area contributed by atoms with Crippen LogP contribution in [0.5, 0.6) is 0 Å². The average Bonchev–Trinajstić information content (AvgIpc) is 2.46. The molecule has 1 heterocycles. The smallest absolute Gasteiger partial charge is 0.191 e. The van der Waals surface area contributed by atoms with Gasteiger partial charge >= 0.3 is 0 Å². The van der Waals surface area contributed by atoms with Crippen LogP contribution in [-0.2, 0) is 11.3 Å². The molecule has 4 nitrogen and oxygen atoms in total. The van der Waals surface area contributed by atoms with Crippen LogP contribution in [0.1, 0.15) is 11.1 Å². The summed E-state index contributed by atoms with van der Waals surface area (Å²) in [5, 5.41) is 0. The SMILES string of the molecule is CSc1cc(C)ccc1CN=C(N)N1CCOCC1. The summed E-state index contributed by atoms with van der Waals surface area (Å²) in [6, 6.07) is 6.45. The van der Waals surface area contributed by atoms with Gasteiger partial charge in [0.05, 0.1) is 19.8 Å². The minimum absolute atomic E-state index is 0.621. The summed E-state index contributed by atoms with van der Waals surface area (Å²) in [5.74, 6) is 0.621. The first-order chi connectivity index (χ1) is 9.20. The van der Waals surface area contributed by atoms with E-state index in [0.717, 1.165) is 26.3 Å². The largest absolute Gasteiger partial charge is 0.378 e. The fourth-order valence-corrected chi connectivity index (χ4v) is 2.74. The first-order valence-corrected chi connectivity index (χ1v) is 7.69. The van der Waals surface area contributed by atoms with E-state index in [1.54, 1.807) is 11.8 Å². The Kier molecular flexibility index (Phi) is 5.10. The Morgan fingerprint density at radius 3 is 2.84 bits per heavy atom. The molecule has 1 aromatic carbocycles. The third kappa shape index (κ3) is 3.88. The number of ether oxygens (including phenoxy) is 1. The molecule has 0 atom stereocenters. The van der Waals surface area contributed by atoms with Crippen LogP contribution in [0.4, 0.5) is 0 Å². The van der Waals surface area contributed by atoms with Gasteiger partial charge in [-0.2, -0.15) is 0 Å². The Bertz CT molecular complexity index is 456. The highest BCUT2D eigenvalue weighted by atomic mass is 32.2. The summed E-state index contributed by atoms with van der Waals surface area (Å²) in [6.07, 6.45) is 2.09. The number of nitrogens with zero attached hydrogens (tertiary/aromatic N) is 2. The second-order valence-electron chi connectivity index (χ2n) is 4.59. The van der Waals surface area contributed by atoms with Gasteiger partial charge in [-0.3, -0.25) is 0 Å². The zero-order chi connectivity index (χ0) is 13.7. The van der Waals surface area contributed by atoms with Gasteiger partial charge in [-0.1, -0.05) is 12.1 Å². The van der Waals surface area contributed by atoms with E-state index in [1.165, 1.54) is 16.0 Å². The molecular formula is C14H21N3OS. The highest BCUT2D eigenvalue weighted by Crippen LogP contribution is 2.22. The normalized spacial score (nSPS) is 16.7. The van der Waals surface area contributed by atoms with E-state index in [-0.39, 0.29) is 0 Å². The molecule has 104 valence electrons. The van der Waals surface area contributed by atoms with Crippen LogP contribution in [0.15, 0.2) is 28.1 Å². The first kappa shape index (κ1) is 14.2. The number of hydrogen-bond donors (Lipinski definition) is 1. The third-order valence-electron chi connectivity index (χ3n) is 3.19. The molecule has 19 heavy (non-hydrogen) atoms. The molecule has 0 unspecified atom stereocenters. The van der Waals surface area contributed by atoms with Crippen LogP contribution in [0.25, 0.3) is 0 Å². The van der Waals surface area contributed by atoms with Crippen molar-refractivity contribution in [2.24, 2.45) is 10.7 Å². The van der Waals surface area contributed by atoms with Crippen molar-refractivity contribution in [1.29, 1.82) is 0 Å². The number of rotatable bonds is 3. The van der Waals surface area contributed by atoms with Crippen LogP contribution in [-0.4, -0.2) is 43.4 Å². The van der Waals surface area contributed by atoms with Crippen molar-refractivity contribution >= 4 is 17.7 Å². The third-order valence-corrected chi connectivity index (χ3v) is 4.01. The Balaban J connectivity index is 2.04. The fraction of sp³-hybridized carbons (Fsp3) is 0.500. The van der Waals surface area contributed by atoms with Crippen molar-refractivity contribution in [3.05, 3.63) is 29.3 Å². The molecular weight excluding hydrogens is 258 g/mol. The van der Waals surface area contributed by atoms with Gasteiger partial charge < -0.3 is 15.4 Å². The quantitative estimate of drug-likeness (QED) is 0.521. The molecule has 5 heteroatoms. The van der Waals surface area contributed by atoms with Crippen LogP contribution in [0, 0.1) is 6.92 Å². The minimum atomic E-state index is 0.621. The van der Waals surface area contributed by atoms with Gasteiger partial charge in [-0.15, -0.1) is 11.8 Å². The molecule has 1 aliphatic heterocycles. The number of hydrogen-bond acceptors (Lipinski definition) is 3. The van der Waals surface area contributed by atoms with Gasteiger partial charge in [0.15, 0.2) is 5.96 Å². The molecule has 0 amide bonds. The topological polar surface area (TPSA) is 50.8 Å². The summed E-state index contributed by atoms with van der Waals surface area (Å²) < 4.78 is 5.31. The summed E-state index contributed by atoms with van der Waals surface area (Å²) in [7, 11) is 0. The van der Waals surface area contributed by atoms with Gasteiger partial charge in [-0.05, 0) is 30.4 Å². The maximum atomic E-state index is 6.03. The van der Waals surface area contributed by atoms with Gasteiger partial charge in [0.1, 0.15) is 0 Å². The highest BCUT2D eigenvalue weighted by molar-refractivity contribution is 7.98. The highest BCUT2D eigenvalue weighted by Gasteiger charge is 2.12. The van der Waals surface area contributed by atoms with E-state index in [9.17, 15) is 0 Å². The lowest BCUT2D eigenvalue weighted by atomic mass is 10.1. The molecule has 0 radical (unpaired) electrons. The second-order valence-corrected chi connectivity index (χ2v) is 5.44. The number of morpholine rings is 1. The molecule has 1 aliphatic rings. The van der Waals surface area contributed by atoms with E-state index in [2.05, 4.69) is 41.3 Å². The number of thioether (sulfide) groups is 1. The molecule has 1 aromatic rings. The maximum Gasteiger partial charge on any atom is 0.191 e. The number of benzene rings is 1. The maximum absolute atomic E-state index is 6.03. The second kappa shape index (κ2) is 6.82. The van der Waals surface area contributed by atoms with Crippen molar-refractivity contribution in [3.63, 3.8) is 0 Å². The minimum Gasteiger partial charge on any atom is -0.378 e. The summed E-state index contributed by atoms with van der Waals surface area (Å²) >= 11 is 1.75. The van der Waals surface area contributed by atoms with E-state index in [1.807, 2.05) is 0 Å². The monoisotopic (exact) mass is 279 g/mol. The summed E-state index contributed by atoms with van der Waals surface area (Å²) in [4.78, 5) is 7.86. The van der Waals surface area contributed by atoms with Crippen LogP contribution in [0.2, 0.25) is 0 Å². The van der Waals surface area contributed by atoms with Crippen LogP contribution < -0.4 is 5.73 Å². The number of aryl methyl sites for hydroxylation is 1. The molecule has 2 N–H and O–H groups in total. The molecule has 1 saturated heterocycles.